The molecule has 3 aliphatic heterocycles. The summed E-state index contributed by atoms with van der Waals surface area (Å²) in [4.78, 5) is 0. The predicted octanol–water partition coefficient (Wildman–Crippen LogP) is 1.27. The van der Waals surface area contributed by atoms with Crippen molar-refractivity contribution in [1.29, 1.82) is 0 Å². The highest BCUT2D eigenvalue weighted by Crippen LogP contribution is 2.43. The molecule has 1 spiro atoms. The molecule has 1 atom stereocenters. The maximum atomic E-state index is 14.4. The molecule has 0 bridgehead atoms. The Morgan fingerprint density at radius 3 is 2.50 bits per heavy atom. The second-order valence-corrected chi connectivity index (χ2v) is 5.47. The molecule has 0 aromatic heterocycles. The van der Waals surface area contributed by atoms with Gasteiger partial charge in [-0.2, -0.15) is 0 Å². The van der Waals surface area contributed by atoms with E-state index in [-0.39, 0.29) is 11.5 Å². The van der Waals surface area contributed by atoms with E-state index in [9.17, 15) is 4.39 Å². The molecule has 1 unspecified atom stereocenters. The average Bonchev–Trinajstić information content (AvgIpc) is 2.27. The van der Waals surface area contributed by atoms with Crippen molar-refractivity contribution >= 4 is 0 Å². The molecule has 3 rings (SSSR count). The van der Waals surface area contributed by atoms with Gasteiger partial charge in [0, 0.05) is 38.8 Å². The summed E-state index contributed by atoms with van der Waals surface area (Å²) in [5.74, 6) is 0.181. The molecule has 0 saturated carbocycles. The maximum absolute atomic E-state index is 14.4. The molecular formula is C12H20FNO2. The van der Waals surface area contributed by atoms with Gasteiger partial charge in [0.25, 0.3) is 0 Å². The van der Waals surface area contributed by atoms with Gasteiger partial charge in [-0.25, -0.2) is 4.39 Å². The quantitative estimate of drug-likeness (QED) is 0.734. The summed E-state index contributed by atoms with van der Waals surface area (Å²) >= 11 is 0. The molecule has 0 aliphatic carbocycles. The normalized spacial score (nSPS) is 36.9. The monoisotopic (exact) mass is 229 g/mol. The Hall–Kier alpha value is -0.190. The number of ether oxygens (including phenoxy) is 2. The first-order valence-electron chi connectivity index (χ1n) is 6.34. The van der Waals surface area contributed by atoms with Crippen LogP contribution in [0.5, 0.6) is 0 Å². The lowest BCUT2D eigenvalue weighted by Gasteiger charge is -2.50. The fourth-order valence-corrected chi connectivity index (χ4v) is 3.21. The minimum absolute atomic E-state index is 0.0736. The Kier molecular flexibility index (Phi) is 2.68. The highest BCUT2D eigenvalue weighted by Gasteiger charge is 2.50. The number of hydrogen-bond acceptors (Lipinski definition) is 3. The predicted molar refractivity (Wildman–Crippen MR) is 58.2 cm³/mol. The molecule has 3 nitrogen and oxygen atoms in total. The van der Waals surface area contributed by atoms with E-state index in [1.807, 2.05) is 0 Å². The van der Waals surface area contributed by atoms with E-state index in [1.54, 1.807) is 0 Å². The first-order chi connectivity index (χ1) is 7.73. The van der Waals surface area contributed by atoms with Gasteiger partial charge >= 0.3 is 0 Å². The van der Waals surface area contributed by atoms with Crippen LogP contribution in [0.15, 0.2) is 0 Å². The van der Waals surface area contributed by atoms with Crippen molar-refractivity contribution in [3.63, 3.8) is 0 Å². The van der Waals surface area contributed by atoms with Gasteiger partial charge < -0.3 is 14.8 Å². The van der Waals surface area contributed by atoms with Crippen molar-refractivity contribution < 1.29 is 13.9 Å². The summed E-state index contributed by atoms with van der Waals surface area (Å²) < 4.78 is 25.7. The second-order valence-electron chi connectivity index (χ2n) is 5.47. The molecule has 3 heterocycles. The number of halogens is 1. The highest BCUT2D eigenvalue weighted by molar-refractivity contribution is 5.03. The Bertz CT molecular complexity index is 256. The molecule has 0 aromatic rings. The Balaban J connectivity index is 1.69. The van der Waals surface area contributed by atoms with Crippen molar-refractivity contribution in [3.8, 4) is 0 Å². The zero-order chi connectivity index (χ0) is 11.1. The summed E-state index contributed by atoms with van der Waals surface area (Å²) in [5.41, 5.74) is -1.04. The standard InChI is InChI=1S/C12H20FNO2/c13-12(8-14-9-12)10-1-4-16-11(7-10)2-5-15-6-3-11/h10,14H,1-9H2. The summed E-state index contributed by atoms with van der Waals surface area (Å²) in [5, 5.41) is 3.05. The molecule has 16 heavy (non-hydrogen) atoms. The fraction of sp³-hybridized carbons (Fsp3) is 1.00. The van der Waals surface area contributed by atoms with E-state index in [4.69, 9.17) is 9.47 Å². The number of alkyl halides is 1. The Morgan fingerprint density at radius 1 is 1.12 bits per heavy atom. The first-order valence-corrected chi connectivity index (χ1v) is 6.34. The topological polar surface area (TPSA) is 30.5 Å². The van der Waals surface area contributed by atoms with E-state index in [2.05, 4.69) is 5.32 Å². The summed E-state index contributed by atoms with van der Waals surface area (Å²) in [7, 11) is 0. The SMILES string of the molecule is FC1(C2CCOC3(CCOCC3)C2)CNC1. The highest BCUT2D eigenvalue weighted by atomic mass is 19.1. The molecule has 0 radical (unpaired) electrons. The van der Waals surface area contributed by atoms with Crippen LogP contribution in [0.2, 0.25) is 0 Å². The van der Waals surface area contributed by atoms with Gasteiger partial charge in [-0.3, -0.25) is 0 Å². The minimum atomic E-state index is -0.963. The molecule has 3 aliphatic rings. The lowest BCUT2D eigenvalue weighted by molar-refractivity contribution is -0.169. The van der Waals surface area contributed by atoms with E-state index in [0.29, 0.717) is 13.1 Å². The summed E-state index contributed by atoms with van der Waals surface area (Å²) in [6.45, 7) is 3.32. The van der Waals surface area contributed by atoms with Crippen molar-refractivity contribution in [2.75, 3.05) is 32.9 Å². The summed E-state index contributed by atoms with van der Waals surface area (Å²) in [6, 6.07) is 0. The third-order valence-electron chi connectivity index (χ3n) is 4.47. The third kappa shape index (κ3) is 1.77. The van der Waals surface area contributed by atoms with Crippen LogP contribution < -0.4 is 5.32 Å². The number of hydrogen-bond donors (Lipinski definition) is 1. The van der Waals surface area contributed by atoms with Crippen LogP contribution in [0.4, 0.5) is 4.39 Å². The van der Waals surface area contributed by atoms with E-state index in [1.165, 1.54) is 0 Å². The van der Waals surface area contributed by atoms with Crippen LogP contribution >= 0.6 is 0 Å². The molecule has 3 saturated heterocycles. The van der Waals surface area contributed by atoms with Crippen LogP contribution in [0.25, 0.3) is 0 Å². The van der Waals surface area contributed by atoms with Gasteiger partial charge in [0.2, 0.25) is 0 Å². The number of rotatable bonds is 1. The zero-order valence-corrected chi connectivity index (χ0v) is 9.64. The van der Waals surface area contributed by atoms with Crippen molar-refractivity contribution in [2.45, 2.75) is 37.0 Å². The Labute approximate surface area is 95.7 Å². The van der Waals surface area contributed by atoms with Crippen LogP contribution in [0, 0.1) is 5.92 Å². The molecule has 3 fully saturated rings. The minimum Gasteiger partial charge on any atom is -0.381 e. The van der Waals surface area contributed by atoms with Gasteiger partial charge in [-0.05, 0) is 25.7 Å². The molecule has 92 valence electrons. The van der Waals surface area contributed by atoms with E-state index in [0.717, 1.165) is 45.5 Å². The zero-order valence-electron chi connectivity index (χ0n) is 9.64. The average molecular weight is 229 g/mol. The molecule has 0 aromatic carbocycles. The lowest BCUT2D eigenvalue weighted by Crippen LogP contribution is -2.63. The largest absolute Gasteiger partial charge is 0.381 e. The number of nitrogens with one attached hydrogen (secondary N) is 1. The third-order valence-corrected chi connectivity index (χ3v) is 4.47. The maximum Gasteiger partial charge on any atom is 0.138 e. The lowest BCUT2D eigenvalue weighted by atomic mass is 9.72. The fourth-order valence-electron chi connectivity index (χ4n) is 3.21. The van der Waals surface area contributed by atoms with Crippen LogP contribution in [-0.2, 0) is 9.47 Å². The van der Waals surface area contributed by atoms with Crippen LogP contribution in [0.3, 0.4) is 0 Å². The van der Waals surface area contributed by atoms with Gasteiger partial charge in [0.05, 0.1) is 5.60 Å². The smallest absolute Gasteiger partial charge is 0.138 e. The first kappa shape index (κ1) is 10.9. The molecular weight excluding hydrogens is 209 g/mol. The van der Waals surface area contributed by atoms with Crippen LogP contribution in [-0.4, -0.2) is 44.2 Å². The summed E-state index contributed by atoms with van der Waals surface area (Å²) in [6.07, 6.45) is 3.63. The van der Waals surface area contributed by atoms with Gasteiger partial charge in [-0.1, -0.05) is 0 Å². The van der Waals surface area contributed by atoms with Crippen molar-refractivity contribution in [3.05, 3.63) is 0 Å². The van der Waals surface area contributed by atoms with E-state index < -0.39 is 5.67 Å². The van der Waals surface area contributed by atoms with Crippen LogP contribution in [0.1, 0.15) is 25.7 Å². The van der Waals surface area contributed by atoms with Crippen molar-refractivity contribution in [2.24, 2.45) is 5.92 Å². The second kappa shape index (κ2) is 3.93. The molecule has 1 N–H and O–H groups in total. The van der Waals surface area contributed by atoms with Gasteiger partial charge in [-0.15, -0.1) is 0 Å². The van der Waals surface area contributed by atoms with Gasteiger partial charge in [0.1, 0.15) is 5.67 Å². The van der Waals surface area contributed by atoms with E-state index >= 15 is 0 Å². The van der Waals surface area contributed by atoms with Gasteiger partial charge in [0.15, 0.2) is 0 Å². The Morgan fingerprint density at radius 2 is 1.88 bits per heavy atom. The van der Waals surface area contributed by atoms with Crippen molar-refractivity contribution in [1.82, 2.24) is 5.32 Å². The molecule has 0 amide bonds. The molecule has 4 heteroatoms.